The van der Waals surface area contributed by atoms with Crippen LogP contribution in [0.1, 0.15) is 33.1 Å². The van der Waals surface area contributed by atoms with Crippen LogP contribution in [-0.4, -0.2) is 55.5 Å². The minimum Gasteiger partial charge on any atom is -0.355 e. The zero-order valence-electron chi connectivity index (χ0n) is 12.7. The molecule has 1 saturated heterocycles. The second kappa shape index (κ2) is 8.92. The molecule has 6 heteroatoms. The second-order valence-corrected chi connectivity index (χ2v) is 5.53. The molecule has 0 radical (unpaired) electrons. The first-order valence-corrected chi connectivity index (χ1v) is 7.56. The van der Waals surface area contributed by atoms with Crippen LogP contribution in [0.4, 0.5) is 0 Å². The van der Waals surface area contributed by atoms with Crippen molar-refractivity contribution in [2.45, 2.75) is 39.2 Å². The zero-order chi connectivity index (χ0) is 15.0. The Morgan fingerprint density at radius 2 is 2.20 bits per heavy atom. The van der Waals surface area contributed by atoms with E-state index >= 15 is 0 Å². The lowest BCUT2D eigenvalue weighted by Crippen LogP contribution is -2.48. The summed E-state index contributed by atoms with van der Waals surface area (Å²) < 4.78 is 0. The number of carbonyl (C=O) groups excluding carboxylic acids is 2. The van der Waals surface area contributed by atoms with Crippen molar-refractivity contribution in [3.05, 3.63) is 0 Å². The Balaban J connectivity index is 2.36. The number of piperidine rings is 1. The van der Waals surface area contributed by atoms with E-state index in [0.29, 0.717) is 26.2 Å². The normalized spacial score (nSPS) is 21.2. The van der Waals surface area contributed by atoms with E-state index in [1.54, 1.807) is 0 Å². The molecular formula is C14H28N4O2. The Morgan fingerprint density at radius 3 is 2.85 bits per heavy atom. The lowest BCUT2D eigenvalue weighted by Gasteiger charge is -2.31. The molecule has 116 valence electrons. The third-order valence-corrected chi connectivity index (χ3v) is 3.71. The summed E-state index contributed by atoms with van der Waals surface area (Å²) in [5, 5.41) is 5.78. The van der Waals surface area contributed by atoms with Crippen molar-refractivity contribution >= 4 is 11.8 Å². The van der Waals surface area contributed by atoms with Gasteiger partial charge in [0.15, 0.2) is 0 Å². The number of rotatable bonds is 7. The van der Waals surface area contributed by atoms with Crippen molar-refractivity contribution in [2.24, 2.45) is 11.7 Å². The molecule has 2 amide bonds. The van der Waals surface area contributed by atoms with Crippen LogP contribution in [0.25, 0.3) is 0 Å². The highest BCUT2D eigenvalue weighted by Gasteiger charge is 2.26. The first-order chi connectivity index (χ1) is 9.56. The summed E-state index contributed by atoms with van der Waals surface area (Å²) in [5.74, 6) is 0.0801. The summed E-state index contributed by atoms with van der Waals surface area (Å²) in [5.41, 5.74) is 5.38. The van der Waals surface area contributed by atoms with E-state index in [1.807, 2.05) is 13.8 Å². The molecule has 1 rings (SSSR count). The van der Waals surface area contributed by atoms with Crippen LogP contribution in [0.3, 0.4) is 0 Å². The molecule has 0 saturated carbocycles. The fraction of sp³-hybridized carbons (Fsp3) is 0.857. The molecule has 0 aromatic heterocycles. The van der Waals surface area contributed by atoms with Crippen molar-refractivity contribution in [3.8, 4) is 0 Å². The van der Waals surface area contributed by atoms with E-state index in [2.05, 4.69) is 15.5 Å². The lowest BCUT2D eigenvalue weighted by molar-refractivity contribution is -0.129. The number of nitrogens with zero attached hydrogens (tertiary/aromatic N) is 1. The van der Waals surface area contributed by atoms with Crippen molar-refractivity contribution in [2.75, 3.05) is 32.7 Å². The summed E-state index contributed by atoms with van der Waals surface area (Å²) in [6.07, 6.45) is 2.77. The number of carbonyl (C=O) groups is 2. The fourth-order valence-corrected chi connectivity index (χ4v) is 2.38. The van der Waals surface area contributed by atoms with Crippen molar-refractivity contribution in [1.29, 1.82) is 0 Å². The SMILES string of the molecule is CCC(C)NC(=O)CN1CCCC(C(=O)NCCN)C1. The average Bonchev–Trinajstić information content (AvgIpc) is 2.44. The van der Waals surface area contributed by atoms with Crippen LogP contribution < -0.4 is 16.4 Å². The summed E-state index contributed by atoms with van der Waals surface area (Å²) in [4.78, 5) is 25.8. The molecule has 4 N–H and O–H groups in total. The Hall–Kier alpha value is -1.14. The maximum atomic E-state index is 11.9. The van der Waals surface area contributed by atoms with Gasteiger partial charge in [-0.3, -0.25) is 14.5 Å². The van der Waals surface area contributed by atoms with Gasteiger partial charge in [-0.15, -0.1) is 0 Å². The largest absolute Gasteiger partial charge is 0.355 e. The molecule has 1 heterocycles. The van der Waals surface area contributed by atoms with Crippen molar-refractivity contribution in [3.63, 3.8) is 0 Å². The van der Waals surface area contributed by atoms with E-state index in [-0.39, 0.29) is 23.8 Å². The number of nitrogens with two attached hydrogens (primary N) is 1. The predicted molar refractivity (Wildman–Crippen MR) is 79.1 cm³/mol. The van der Waals surface area contributed by atoms with Crippen LogP contribution >= 0.6 is 0 Å². The van der Waals surface area contributed by atoms with E-state index < -0.39 is 0 Å². The third-order valence-electron chi connectivity index (χ3n) is 3.71. The molecule has 0 bridgehead atoms. The van der Waals surface area contributed by atoms with Crippen molar-refractivity contribution in [1.82, 2.24) is 15.5 Å². The van der Waals surface area contributed by atoms with Gasteiger partial charge in [-0.2, -0.15) is 0 Å². The standard InChI is InChI=1S/C14H28N4O2/c1-3-11(2)17-13(19)10-18-8-4-5-12(9-18)14(20)16-7-6-15/h11-12H,3-10,15H2,1-2H3,(H,16,20)(H,17,19). The first kappa shape index (κ1) is 16.9. The third kappa shape index (κ3) is 5.88. The van der Waals surface area contributed by atoms with Crippen LogP contribution in [0.15, 0.2) is 0 Å². The monoisotopic (exact) mass is 284 g/mol. The molecule has 0 aliphatic carbocycles. The number of hydrogen-bond acceptors (Lipinski definition) is 4. The second-order valence-electron chi connectivity index (χ2n) is 5.53. The molecule has 20 heavy (non-hydrogen) atoms. The number of likely N-dealkylation sites (tertiary alicyclic amines) is 1. The van der Waals surface area contributed by atoms with Gasteiger partial charge in [0.1, 0.15) is 0 Å². The van der Waals surface area contributed by atoms with Gasteiger partial charge in [-0.05, 0) is 32.7 Å². The average molecular weight is 284 g/mol. The topological polar surface area (TPSA) is 87.5 Å². The molecule has 6 nitrogen and oxygen atoms in total. The molecule has 1 aliphatic heterocycles. The molecule has 0 spiro atoms. The van der Waals surface area contributed by atoms with Gasteiger partial charge < -0.3 is 16.4 Å². The van der Waals surface area contributed by atoms with Gasteiger partial charge in [0.2, 0.25) is 11.8 Å². The summed E-state index contributed by atoms with van der Waals surface area (Å²) in [6.45, 7) is 6.94. The van der Waals surface area contributed by atoms with Crippen LogP contribution in [-0.2, 0) is 9.59 Å². The quantitative estimate of drug-likeness (QED) is 0.598. The Kier molecular flexibility index (Phi) is 7.54. The van der Waals surface area contributed by atoms with E-state index in [4.69, 9.17) is 5.73 Å². The number of amides is 2. The molecular weight excluding hydrogens is 256 g/mol. The Morgan fingerprint density at radius 1 is 1.45 bits per heavy atom. The van der Waals surface area contributed by atoms with Crippen molar-refractivity contribution < 1.29 is 9.59 Å². The summed E-state index contributed by atoms with van der Waals surface area (Å²) >= 11 is 0. The van der Waals surface area contributed by atoms with E-state index in [9.17, 15) is 9.59 Å². The number of hydrogen-bond donors (Lipinski definition) is 3. The fourth-order valence-electron chi connectivity index (χ4n) is 2.38. The van der Waals surface area contributed by atoms with Crippen LogP contribution in [0.5, 0.6) is 0 Å². The van der Waals surface area contributed by atoms with Gasteiger partial charge >= 0.3 is 0 Å². The highest BCUT2D eigenvalue weighted by Crippen LogP contribution is 2.16. The highest BCUT2D eigenvalue weighted by molar-refractivity contribution is 5.80. The zero-order valence-corrected chi connectivity index (χ0v) is 12.7. The maximum absolute atomic E-state index is 11.9. The predicted octanol–water partition coefficient (Wildman–Crippen LogP) is -0.312. The molecule has 0 aromatic rings. The Labute approximate surface area is 121 Å². The molecule has 1 aliphatic rings. The lowest BCUT2D eigenvalue weighted by atomic mass is 9.97. The minimum absolute atomic E-state index is 0.0216. The number of nitrogens with one attached hydrogen (secondary N) is 2. The smallest absolute Gasteiger partial charge is 0.234 e. The van der Waals surface area contributed by atoms with Gasteiger partial charge in [0, 0.05) is 25.7 Å². The van der Waals surface area contributed by atoms with Gasteiger partial charge in [0.25, 0.3) is 0 Å². The summed E-state index contributed by atoms with van der Waals surface area (Å²) in [7, 11) is 0. The molecule has 0 aromatic carbocycles. The van der Waals surface area contributed by atoms with Crippen LogP contribution in [0, 0.1) is 5.92 Å². The Bertz CT molecular complexity index is 322. The van der Waals surface area contributed by atoms with Gasteiger partial charge in [-0.25, -0.2) is 0 Å². The maximum Gasteiger partial charge on any atom is 0.234 e. The van der Waals surface area contributed by atoms with Crippen LogP contribution in [0.2, 0.25) is 0 Å². The molecule has 2 atom stereocenters. The van der Waals surface area contributed by atoms with Gasteiger partial charge in [0.05, 0.1) is 12.5 Å². The van der Waals surface area contributed by atoms with E-state index in [0.717, 1.165) is 25.8 Å². The molecule has 1 fully saturated rings. The first-order valence-electron chi connectivity index (χ1n) is 7.56. The van der Waals surface area contributed by atoms with Gasteiger partial charge in [-0.1, -0.05) is 6.92 Å². The minimum atomic E-state index is -0.0216. The summed E-state index contributed by atoms with van der Waals surface area (Å²) in [6, 6.07) is 0.205. The molecule has 2 unspecified atom stereocenters. The van der Waals surface area contributed by atoms with E-state index in [1.165, 1.54) is 0 Å². The highest BCUT2D eigenvalue weighted by atomic mass is 16.2.